The highest BCUT2D eigenvalue weighted by molar-refractivity contribution is 5.69. The summed E-state index contributed by atoms with van der Waals surface area (Å²) < 4.78 is 20.5. The lowest BCUT2D eigenvalue weighted by Crippen LogP contribution is -1.98. The highest BCUT2D eigenvalue weighted by atomic mass is 19.1. The summed E-state index contributed by atoms with van der Waals surface area (Å²) >= 11 is 0. The normalized spacial score (nSPS) is 12.4. The summed E-state index contributed by atoms with van der Waals surface area (Å²) in [5.41, 5.74) is 7.60. The van der Waals surface area contributed by atoms with Gasteiger partial charge < -0.3 is 10.5 Å². The molecule has 18 heavy (non-hydrogen) atoms. The largest absolute Gasteiger partial charge is 0.496 e. The highest BCUT2D eigenvalue weighted by Gasteiger charge is 2.18. The molecular formula is C13H16FN3O. The Hall–Kier alpha value is -2.04. The van der Waals surface area contributed by atoms with E-state index in [4.69, 9.17) is 10.5 Å². The van der Waals surface area contributed by atoms with E-state index in [1.807, 2.05) is 12.1 Å². The molecule has 1 aromatic carbocycles. The Balaban J connectivity index is 2.63. The van der Waals surface area contributed by atoms with Gasteiger partial charge in [-0.05, 0) is 13.0 Å². The first kappa shape index (κ1) is 12.4. The summed E-state index contributed by atoms with van der Waals surface area (Å²) in [4.78, 5) is 0. The first-order valence-corrected chi connectivity index (χ1v) is 5.65. The Bertz CT molecular complexity index is 544. The molecule has 2 rings (SSSR count). The molecule has 1 atom stereocenters. The van der Waals surface area contributed by atoms with Crippen LogP contribution >= 0.6 is 0 Å². The van der Waals surface area contributed by atoms with E-state index in [1.165, 1.54) is 14.0 Å². The average molecular weight is 249 g/mol. The lowest BCUT2D eigenvalue weighted by Gasteiger charge is -2.13. The van der Waals surface area contributed by atoms with Crippen molar-refractivity contribution in [3.8, 4) is 17.0 Å². The van der Waals surface area contributed by atoms with Gasteiger partial charge in [0.05, 0.1) is 12.8 Å². The Morgan fingerprint density at radius 3 is 2.67 bits per heavy atom. The predicted molar refractivity (Wildman–Crippen MR) is 69.1 cm³/mol. The summed E-state index contributed by atoms with van der Waals surface area (Å²) in [6.45, 7) is 1.48. The van der Waals surface area contributed by atoms with Gasteiger partial charge in [0.15, 0.2) is 0 Å². The maximum Gasteiger partial charge on any atom is 0.127 e. The molecule has 2 N–H and O–H groups in total. The molecule has 1 unspecified atom stereocenters. The zero-order valence-electron chi connectivity index (χ0n) is 10.6. The van der Waals surface area contributed by atoms with Crippen LogP contribution in [0.1, 0.15) is 18.7 Å². The monoisotopic (exact) mass is 249 g/mol. The number of ether oxygens (including phenoxy) is 1. The van der Waals surface area contributed by atoms with E-state index in [1.54, 1.807) is 23.9 Å². The van der Waals surface area contributed by atoms with Crippen LogP contribution in [0.15, 0.2) is 24.3 Å². The fourth-order valence-corrected chi connectivity index (χ4v) is 1.97. The van der Waals surface area contributed by atoms with Gasteiger partial charge in [-0.1, -0.05) is 12.1 Å². The number of aromatic nitrogens is 2. The number of nitrogens with zero attached hydrogens (tertiary/aromatic N) is 2. The van der Waals surface area contributed by atoms with Crippen LogP contribution in [0.3, 0.4) is 0 Å². The van der Waals surface area contributed by atoms with E-state index >= 15 is 0 Å². The lowest BCUT2D eigenvalue weighted by molar-refractivity contribution is 0.347. The Morgan fingerprint density at radius 1 is 1.44 bits per heavy atom. The van der Waals surface area contributed by atoms with Crippen molar-refractivity contribution in [2.24, 2.45) is 7.05 Å². The number of aryl methyl sites for hydroxylation is 1. The Morgan fingerprint density at radius 2 is 2.17 bits per heavy atom. The first-order valence-electron chi connectivity index (χ1n) is 5.65. The van der Waals surface area contributed by atoms with Crippen molar-refractivity contribution in [2.45, 2.75) is 13.1 Å². The van der Waals surface area contributed by atoms with Gasteiger partial charge in [0, 0.05) is 24.2 Å². The maximum atomic E-state index is 13.8. The van der Waals surface area contributed by atoms with Gasteiger partial charge in [-0.15, -0.1) is 0 Å². The summed E-state index contributed by atoms with van der Waals surface area (Å²) in [6.07, 6.45) is -1.14. The van der Waals surface area contributed by atoms with Crippen LogP contribution in [0.5, 0.6) is 5.75 Å². The lowest BCUT2D eigenvalue weighted by atomic mass is 10.0. The molecule has 0 spiro atoms. The number of alkyl halides is 1. The minimum absolute atomic E-state index is 0.498. The van der Waals surface area contributed by atoms with Gasteiger partial charge in [0.25, 0.3) is 0 Å². The first-order chi connectivity index (χ1) is 8.54. The molecule has 96 valence electrons. The number of nitrogen functional groups attached to an aromatic ring is 1. The number of hydrogen-bond donors (Lipinski definition) is 1. The second-order valence-corrected chi connectivity index (χ2v) is 4.12. The number of hydrogen-bond acceptors (Lipinski definition) is 3. The number of rotatable bonds is 3. The second kappa shape index (κ2) is 4.68. The third-order valence-corrected chi connectivity index (χ3v) is 2.88. The van der Waals surface area contributed by atoms with Crippen molar-refractivity contribution < 1.29 is 9.13 Å². The van der Waals surface area contributed by atoms with Crippen LogP contribution in [0, 0.1) is 0 Å². The van der Waals surface area contributed by atoms with Crippen LogP contribution in [0.4, 0.5) is 10.2 Å². The van der Waals surface area contributed by atoms with Crippen LogP contribution in [0.25, 0.3) is 11.3 Å². The maximum absolute atomic E-state index is 13.8. The summed E-state index contributed by atoms with van der Waals surface area (Å²) in [6, 6.07) is 7.09. The topological polar surface area (TPSA) is 53.1 Å². The zero-order chi connectivity index (χ0) is 13.3. The fourth-order valence-electron chi connectivity index (χ4n) is 1.97. The smallest absolute Gasteiger partial charge is 0.127 e. The van der Waals surface area contributed by atoms with Crippen molar-refractivity contribution in [2.75, 3.05) is 12.8 Å². The molecule has 0 aliphatic heterocycles. The predicted octanol–water partition coefficient (Wildman–Crippen LogP) is 2.71. The van der Waals surface area contributed by atoms with Crippen LogP contribution in [-0.2, 0) is 7.05 Å². The SMILES string of the molecule is COc1cccc(-c2cc(N)n(C)n2)c1C(C)F. The molecule has 2 aromatic rings. The molecule has 0 fully saturated rings. The van der Waals surface area contributed by atoms with E-state index in [2.05, 4.69) is 5.10 Å². The van der Waals surface area contributed by atoms with Gasteiger partial charge >= 0.3 is 0 Å². The standard InChI is InChI=1S/C13H16FN3O/c1-8(14)13-9(5-4-6-11(13)18-3)10-7-12(15)17(2)16-10/h4-8H,15H2,1-3H3. The average Bonchev–Trinajstić information content (AvgIpc) is 2.68. The van der Waals surface area contributed by atoms with Gasteiger partial charge in [-0.2, -0.15) is 5.10 Å². The Labute approximate surface area is 105 Å². The molecule has 0 saturated carbocycles. The molecule has 0 saturated heterocycles. The van der Waals surface area contributed by atoms with Crippen molar-refractivity contribution in [3.05, 3.63) is 29.8 Å². The van der Waals surface area contributed by atoms with Gasteiger partial charge in [0.1, 0.15) is 17.7 Å². The zero-order valence-corrected chi connectivity index (χ0v) is 10.6. The van der Waals surface area contributed by atoms with Crippen molar-refractivity contribution in [1.82, 2.24) is 9.78 Å². The molecule has 0 radical (unpaired) electrons. The van der Waals surface area contributed by atoms with E-state index in [-0.39, 0.29) is 0 Å². The summed E-state index contributed by atoms with van der Waals surface area (Å²) in [7, 11) is 3.27. The molecule has 1 heterocycles. The number of nitrogens with two attached hydrogens (primary N) is 1. The summed E-state index contributed by atoms with van der Waals surface area (Å²) in [5.74, 6) is 1.05. The number of methoxy groups -OCH3 is 1. The fraction of sp³-hybridized carbons (Fsp3) is 0.308. The number of halogens is 1. The quantitative estimate of drug-likeness (QED) is 0.910. The molecular weight excluding hydrogens is 233 g/mol. The van der Waals surface area contributed by atoms with Crippen LogP contribution in [0.2, 0.25) is 0 Å². The highest BCUT2D eigenvalue weighted by Crippen LogP contribution is 2.36. The second-order valence-electron chi connectivity index (χ2n) is 4.12. The van der Waals surface area contributed by atoms with Gasteiger partial charge in [-0.3, -0.25) is 4.68 Å². The molecule has 0 aliphatic rings. The minimum atomic E-state index is -1.14. The molecule has 4 nitrogen and oxygen atoms in total. The minimum Gasteiger partial charge on any atom is -0.496 e. The molecule has 0 aliphatic carbocycles. The number of anilines is 1. The van der Waals surface area contributed by atoms with E-state index < -0.39 is 6.17 Å². The van der Waals surface area contributed by atoms with Crippen LogP contribution in [-0.4, -0.2) is 16.9 Å². The number of benzene rings is 1. The summed E-state index contributed by atoms with van der Waals surface area (Å²) in [5, 5.41) is 4.27. The molecule has 0 amide bonds. The van der Waals surface area contributed by atoms with Crippen molar-refractivity contribution in [1.29, 1.82) is 0 Å². The van der Waals surface area contributed by atoms with E-state index in [0.29, 0.717) is 28.4 Å². The molecule has 0 bridgehead atoms. The van der Waals surface area contributed by atoms with Gasteiger partial charge in [-0.25, -0.2) is 4.39 Å². The molecule has 5 heteroatoms. The van der Waals surface area contributed by atoms with E-state index in [0.717, 1.165) is 0 Å². The van der Waals surface area contributed by atoms with Crippen molar-refractivity contribution >= 4 is 5.82 Å². The van der Waals surface area contributed by atoms with Crippen molar-refractivity contribution in [3.63, 3.8) is 0 Å². The molecule has 1 aromatic heterocycles. The third kappa shape index (κ3) is 2.03. The Kier molecular flexibility index (Phi) is 3.23. The van der Waals surface area contributed by atoms with E-state index in [9.17, 15) is 4.39 Å². The third-order valence-electron chi connectivity index (χ3n) is 2.88. The van der Waals surface area contributed by atoms with Gasteiger partial charge in [0.2, 0.25) is 0 Å². The van der Waals surface area contributed by atoms with Crippen LogP contribution < -0.4 is 10.5 Å².